The lowest BCUT2D eigenvalue weighted by atomic mass is 10.1. The van der Waals surface area contributed by atoms with Crippen LogP contribution in [0.3, 0.4) is 0 Å². The van der Waals surface area contributed by atoms with Gasteiger partial charge in [0.15, 0.2) is 5.75 Å². The summed E-state index contributed by atoms with van der Waals surface area (Å²) in [5, 5.41) is 1.04. The lowest BCUT2D eigenvalue weighted by Crippen LogP contribution is -2.17. The van der Waals surface area contributed by atoms with E-state index in [4.69, 9.17) is 10.5 Å². The molecule has 4 heteroatoms. The van der Waals surface area contributed by atoms with Crippen molar-refractivity contribution in [2.75, 3.05) is 0 Å². The first kappa shape index (κ1) is 13.5. The van der Waals surface area contributed by atoms with Crippen LogP contribution in [0.1, 0.15) is 12.5 Å². The first-order valence-electron chi connectivity index (χ1n) is 6.94. The van der Waals surface area contributed by atoms with Crippen LogP contribution >= 0.6 is 0 Å². The molecule has 3 rings (SSSR count). The summed E-state index contributed by atoms with van der Waals surface area (Å²) in [6.07, 6.45) is 4.37. The highest BCUT2D eigenvalue weighted by Gasteiger charge is 2.05. The van der Waals surface area contributed by atoms with Crippen LogP contribution in [0.5, 0.6) is 11.6 Å². The Hall–Kier alpha value is -2.46. The number of hydrogen-bond donors (Lipinski definition) is 1. The molecule has 0 spiro atoms. The van der Waals surface area contributed by atoms with Crippen molar-refractivity contribution >= 4 is 10.9 Å². The highest BCUT2D eigenvalue weighted by atomic mass is 16.5. The normalized spacial score (nSPS) is 12.3. The molecular formula is C17H17N3O. The molecule has 1 aromatic carbocycles. The predicted octanol–water partition coefficient (Wildman–Crippen LogP) is 3.31. The topological polar surface area (TPSA) is 61.0 Å². The highest BCUT2D eigenvalue weighted by molar-refractivity contribution is 5.84. The van der Waals surface area contributed by atoms with E-state index in [1.54, 1.807) is 12.4 Å². The molecule has 0 bridgehead atoms. The minimum Gasteiger partial charge on any atom is -0.437 e. The lowest BCUT2D eigenvalue weighted by Gasteiger charge is -2.08. The molecular weight excluding hydrogens is 262 g/mol. The zero-order valence-electron chi connectivity index (χ0n) is 11.9. The fraction of sp³-hybridized carbons (Fsp3) is 0.176. The van der Waals surface area contributed by atoms with E-state index in [9.17, 15) is 0 Å². The molecule has 3 aromatic rings. The number of ether oxygens (including phenoxy) is 1. The van der Waals surface area contributed by atoms with Crippen LogP contribution in [0.15, 0.2) is 54.9 Å². The second-order valence-corrected chi connectivity index (χ2v) is 5.12. The van der Waals surface area contributed by atoms with Gasteiger partial charge in [-0.25, -0.2) is 4.98 Å². The second kappa shape index (κ2) is 5.89. The van der Waals surface area contributed by atoms with Crippen LogP contribution in [0.4, 0.5) is 0 Å². The first-order valence-corrected chi connectivity index (χ1v) is 6.94. The molecule has 0 fully saturated rings. The number of nitrogens with zero attached hydrogens (tertiary/aromatic N) is 2. The number of aromatic nitrogens is 2. The quantitative estimate of drug-likeness (QED) is 0.796. The molecule has 0 saturated heterocycles. The Bertz CT molecular complexity index is 733. The number of hydrogen-bond acceptors (Lipinski definition) is 4. The third-order valence-electron chi connectivity index (χ3n) is 3.17. The van der Waals surface area contributed by atoms with Crippen molar-refractivity contribution in [2.24, 2.45) is 5.73 Å². The molecule has 2 heterocycles. The predicted molar refractivity (Wildman–Crippen MR) is 83.4 cm³/mol. The lowest BCUT2D eigenvalue weighted by molar-refractivity contribution is 0.466. The maximum atomic E-state index is 5.85. The molecule has 0 saturated carbocycles. The smallest absolute Gasteiger partial charge is 0.219 e. The van der Waals surface area contributed by atoms with Crippen LogP contribution in [-0.4, -0.2) is 16.0 Å². The molecule has 0 amide bonds. The minimum absolute atomic E-state index is 0.126. The summed E-state index contributed by atoms with van der Waals surface area (Å²) in [6, 6.07) is 13.7. The minimum atomic E-state index is 0.126. The van der Waals surface area contributed by atoms with E-state index in [-0.39, 0.29) is 6.04 Å². The summed E-state index contributed by atoms with van der Waals surface area (Å²) in [5.74, 6) is 1.27. The van der Waals surface area contributed by atoms with Gasteiger partial charge in [-0.1, -0.05) is 24.3 Å². The van der Waals surface area contributed by atoms with Gasteiger partial charge >= 0.3 is 0 Å². The van der Waals surface area contributed by atoms with Crippen LogP contribution in [0.2, 0.25) is 0 Å². The number of nitrogens with two attached hydrogens (primary N) is 1. The molecule has 0 radical (unpaired) electrons. The Morgan fingerprint density at radius 2 is 1.95 bits per heavy atom. The number of rotatable bonds is 4. The summed E-state index contributed by atoms with van der Waals surface area (Å²) in [7, 11) is 0. The van der Waals surface area contributed by atoms with E-state index < -0.39 is 0 Å². The van der Waals surface area contributed by atoms with Crippen molar-refractivity contribution in [1.82, 2.24) is 9.97 Å². The van der Waals surface area contributed by atoms with Gasteiger partial charge in [0, 0.05) is 29.9 Å². The van der Waals surface area contributed by atoms with Gasteiger partial charge in [-0.2, -0.15) is 0 Å². The Balaban J connectivity index is 1.85. The average Bonchev–Trinajstić information content (AvgIpc) is 2.49. The van der Waals surface area contributed by atoms with Gasteiger partial charge < -0.3 is 10.5 Å². The summed E-state index contributed by atoms with van der Waals surface area (Å²) >= 11 is 0. The maximum Gasteiger partial charge on any atom is 0.219 e. The molecule has 21 heavy (non-hydrogen) atoms. The Morgan fingerprint density at radius 1 is 1.10 bits per heavy atom. The Morgan fingerprint density at radius 3 is 2.71 bits per heavy atom. The summed E-state index contributed by atoms with van der Waals surface area (Å²) < 4.78 is 5.85. The Kier molecular flexibility index (Phi) is 3.79. The summed E-state index contributed by atoms with van der Waals surface area (Å²) in [5.41, 5.74) is 7.72. The van der Waals surface area contributed by atoms with E-state index in [1.165, 1.54) is 0 Å². The SMILES string of the molecule is CC(N)Cc1ccc(Oc2cccc3cccnc23)nc1. The summed E-state index contributed by atoms with van der Waals surface area (Å²) in [4.78, 5) is 8.69. The van der Waals surface area contributed by atoms with Gasteiger partial charge in [0.05, 0.1) is 0 Å². The van der Waals surface area contributed by atoms with Crippen molar-refractivity contribution in [3.8, 4) is 11.6 Å². The van der Waals surface area contributed by atoms with Gasteiger partial charge in [-0.05, 0) is 31.0 Å². The van der Waals surface area contributed by atoms with Gasteiger partial charge in [0.2, 0.25) is 5.88 Å². The van der Waals surface area contributed by atoms with Crippen molar-refractivity contribution in [3.63, 3.8) is 0 Å². The van der Waals surface area contributed by atoms with Crippen LogP contribution in [0.25, 0.3) is 10.9 Å². The number of benzene rings is 1. The average molecular weight is 279 g/mol. The zero-order chi connectivity index (χ0) is 14.7. The van der Waals surface area contributed by atoms with Crippen LogP contribution in [0, 0.1) is 0 Å². The molecule has 106 valence electrons. The fourth-order valence-electron chi connectivity index (χ4n) is 2.24. The van der Waals surface area contributed by atoms with Crippen LogP contribution < -0.4 is 10.5 Å². The van der Waals surface area contributed by atoms with E-state index in [0.29, 0.717) is 11.6 Å². The van der Waals surface area contributed by atoms with Gasteiger partial charge in [-0.15, -0.1) is 0 Å². The van der Waals surface area contributed by atoms with Gasteiger partial charge in [-0.3, -0.25) is 4.98 Å². The van der Waals surface area contributed by atoms with Gasteiger partial charge in [0.1, 0.15) is 5.52 Å². The molecule has 1 unspecified atom stereocenters. The Labute approximate surface area is 123 Å². The molecule has 2 aromatic heterocycles. The highest BCUT2D eigenvalue weighted by Crippen LogP contribution is 2.27. The first-order chi connectivity index (χ1) is 10.2. The number of pyridine rings is 2. The van der Waals surface area contributed by atoms with E-state index >= 15 is 0 Å². The number of fused-ring (bicyclic) bond motifs is 1. The molecule has 0 aliphatic carbocycles. The van der Waals surface area contributed by atoms with Crippen molar-refractivity contribution in [2.45, 2.75) is 19.4 Å². The molecule has 1 atom stereocenters. The van der Waals surface area contributed by atoms with Gasteiger partial charge in [0.25, 0.3) is 0 Å². The third-order valence-corrected chi connectivity index (χ3v) is 3.17. The third kappa shape index (κ3) is 3.17. The fourth-order valence-corrected chi connectivity index (χ4v) is 2.24. The molecule has 0 aliphatic heterocycles. The van der Waals surface area contributed by atoms with Crippen LogP contribution in [-0.2, 0) is 6.42 Å². The maximum absolute atomic E-state index is 5.85. The largest absolute Gasteiger partial charge is 0.437 e. The number of para-hydroxylation sites is 1. The van der Waals surface area contributed by atoms with Crippen molar-refractivity contribution < 1.29 is 4.74 Å². The van der Waals surface area contributed by atoms with E-state index in [1.807, 2.05) is 49.4 Å². The molecule has 0 aliphatic rings. The molecule has 2 N–H and O–H groups in total. The van der Waals surface area contributed by atoms with Crippen molar-refractivity contribution in [3.05, 3.63) is 60.4 Å². The van der Waals surface area contributed by atoms with E-state index in [2.05, 4.69) is 9.97 Å². The summed E-state index contributed by atoms with van der Waals surface area (Å²) in [6.45, 7) is 1.98. The molecule has 4 nitrogen and oxygen atoms in total. The monoisotopic (exact) mass is 279 g/mol. The standard InChI is InChI=1S/C17H17N3O/c1-12(18)10-13-7-8-16(20-11-13)21-15-6-2-4-14-5-3-9-19-17(14)15/h2-9,11-12H,10,18H2,1H3. The van der Waals surface area contributed by atoms with Crippen molar-refractivity contribution in [1.29, 1.82) is 0 Å². The second-order valence-electron chi connectivity index (χ2n) is 5.12. The van der Waals surface area contributed by atoms with E-state index in [0.717, 1.165) is 22.9 Å². The zero-order valence-corrected chi connectivity index (χ0v) is 11.9.